The molecule has 0 saturated heterocycles. The van der Waals surface area contributed by atoms with Gasteiger partial charge < -0.3 is 5.11 Å². The molecule has 1 heterocycles. The van der Waals surface area contributed by atoms with Crippen molar-refractivity contribution in [1.29, 1.82) is 0 Å². The maximum atomic E-state index is 11.0. The molecule has 0 unspecified atom stereocenters. The van der Waals surface area contributed by atoms with Gasteiger partial charge in [0.05, 0.1) is 11.6 Å². The molecule has 1 atom stereocenters. The molecule has 0 bridgehead atoms. The van der Waals surface area contributed by atoms with E-state index in [1.807, 2.05) is 30.3 Å². The Labute approximate surface area is 105 Å². The van der Waals surface area contributed by atoms with Crippen LogP contribution >= 0.6 is 0 Å². The zero-order valence-electron chi connectivity index (χ0n) is 9.89. The van der Waals surface area contributed by atoms with Gasteiger partial charge >= 0.3 is 5.97 Å². The zero-order chi connectivity index (χ0) is 12.5. The van der Waals surface area contributed by atoms with Gasteiger partial charge in [0.1, 0.15) is 0 Å². The SMILES string of the molecule is O=C(O)[C@@H]1CCc2c(-c3ccccc3)n[nH]c2C1. The van der Waals surface area contributed by atoms with E-state index in [4.69, 9.17) is 5.11 Å². The van der Waals surface area contributed by atoms with Crippen molar-refractivity contribution in [3.05, 3.63) is 41.6 Å². The number of H-pyrrole nitrogens is 1. The van der Waals surface area contributed by atoms with Crippen molar-refractivity contribution < 1.29 is 9.90 Å². The predicted molar refractivity (Wildman–Crippen MR) is 67.2 cm³/mol. The number of aromatic amines is 1. The molecule has 0 spiro atoms. The summed E-state index contributed by atoms with van der Waals surface area (Å²) in [4.78, 5) is 11.0. The molecular formula is C14H14N2O2. The predicted octanol–water partition coefficient (Wildman–Crippen LogP) is 2.27. The smallest absolute Gasteiger partial charge is 0.306 e. The highest BCUT2D eigenvalue weighted by atomic mass is 16.4. The summed E-state index contributed by atoms with van der Waals surface area (Å²) in [7, 11) is 0. The fourth-order valence-corrected chi connectivity index (χ4v) is 2.55. The van der Waals surface area contributed by atoms with Crippen LogP contribution in [-0.2, 0) is 17.6 Å². The number of carbonyl (C=O) groups is 1. The summed E-state index contributed by atoms with van der Waals surface area (Å²) in [6, 6.07) is 10.0. The molecule has 1 aromatic heterocycles. The molecular weight excluding hydrogens is 228 g/mol. The van der Waals surface area contributed by atoms with E-state index in [9.17, 15) is 4.79 Å². The van der Waals surface area contributed by atoms with Crippen molar-refractivity contribution in [1.82, 2.24) is 10.2 Å². The summed E-state index contributed by atoms with van der Waals surface area (Å²) in [5, 5.41) is 16.4. The highest BCUT2D eigenvalue weighted by Gasteiger charge is 2.27. The highest BCUT2D eigenvalue weighted by molar-refractivity contribution is 5.72. The molecule has 1 aliphatic carbocycles. The van der Waals surface area contributed by atoms with Crippen LogP contribution in [0.25, 0.3) is 11.3 Å². The molecule has 4 heteroatoms. The van der Waals surface area contributed by atoms with Gasteiger partial charge in [-0.1, -0.05) is 30.3 Å². The molecule has 2 N–H and O–H groups in total. The van der Waals surface area contributed by atoms with Crippen molar-refractivity contribution >= 4 is 5.97 Å². The van der Waals surface area contributed by atoms with Crippen molar-refractivity contribution in [2.45, 2.75) is 19.3 Å². The number of fused-ring (bicyclic) bond motifs is 1. The maximum Gasteiger partial charge on any atom is 0.306 e. The van der Waals surface area contributed by atoms with Gasteiger partial charge in [-0.3, -0.25) is 9.89 Å². The number of carboxylic acids is 1. The normalized spacial score (nSPS) is 18.3. The molecule has 92 valence electrons. The van der Waals surface area contributed by atoms with E-state index in [2.05, 4.69) is 10.2 Å². The molecule has 0 amide bonds. The lowest BCUT2D eigenvalue weighted by Gasteiger charge is -2.18. The van der Waals surface area contributed by atoms with Gasteiger partial charge in [0.25, 0.3) is 0 Å². The van der Waals surface area contributed by atoms with Crippen LogP contribution in [0.1, 0.15) is 17.7 Å². The largest absolute Gasteiger partial charge is 0.481 e. The average Bonchev–Trinajstić information content (AvgIpc) is 2.82. The summed E-state index contributed by atoms with van der Waals surface area (Å²) in [5.74, 6) is -0.988. The third-order valence-electron chi connectivity index (χ3n) is 3.54. The lowest BCUT2D eigenvalue weighted by atomic mass is 9.86. The van der Waals surface area contributed by atoms with Crippen LogP contribution < -0.4 is 0 Å². The third-order valence-corrected chi connectivity index (χ3v) is 3.54. The summed E-state index contributed by atoms with van der Waals surface area (Å²) in [6.45, 7) is 0. The van der Waals surface area contributed by atoms with Crippen LogP contribution in [-0.4, -0.2) is 21.3 Å². The Balaban J connectivity index is 1.96. The topological polar surface area (TPSA) is 66.0 Å². The van der Waals surface area contributed by atoms with Gasteiger partial charge in [0.15, 0.2) is 0 Å². The Kier molecular flexibility index (Phi) is 2.63. The summed E-state index contributed by atoms with van der Waals surface area (Å²) in [5.41, 5.74) is 4.21. The van der Waals surface area contributed by atoms with Crippen LogP contribution in [0.5, 0.6) is 0 Å². The third kappa shape index (κ3) is 1.79. The number of benzene rings is 1. The number of nitrogens with zero attached hydrogens (tertiary/aromatic N) is 1. The minimum absolute atomic E-state index is 0.276. The van der Waals surface area contributed by atoms with Crippen LogP contribution in [0.4, 0.5) is 0 Å². The second kappa shape index (κ2) is 4.29. The van der Waals surface area contributed by atoms with Crippen LogP contribution in [0.15, 0.2) is 30.3 Å². The standard InChI is InChI=1S/C14H14N2O2/c17-14(18)10-6-7-11-12(8-10)15-16-13(11)9-4-2-1-3-5-9/h1-5,10H,6-8H2,(H,15,16)(H,17,18)/t10-/m1/s1. The summed E-state index contributed by atoms with van der Waals surface area (Å²) in [6.07, 6.45) is 2.04. The quantitative estimate of drug-likeness (QED) is 0.849. The fraction of sp³-hybridized carbons (Fsp3) is 0.286. The first-order valence-corrected chi connectivity index (χ1v) is 6.10. The molecule has 3 rings (SSSR count). The van der Waals surface area contributed by atoms with E-state index in [0.29, 0.717) is 12.8 Å². The van der Waals surface area contributed by atoms with Gasteiger partial charge in [0.2, 0.25) is 0 Å². The van der Waals surface area contributed by atoms with Crippen LogP contribution in [0, 0.1) is 5.92 Å². The molecule has 1 aromatic carbocycles. The number of aromatic nitrogens is 2. The van der Waals surface area contributed by atoms with E-state index < -0.39 is 5.97 Å². The maximum absolute atomic E-state index is 11.0. The number of rotatable bonds is 2. The first kappa shape index (κ1) is 11.0. The van der Waals surface area contributed by atoms with E-state index in [1.54, 1.807) is 0 Å². The van der Waals surface area contributed by atoms with E-state index in [1.165, 1.54) is 5.56 Å². The Morgan fingerprint density at radius 2 is 2.11 bits per heavy atom. The van der Waals surface area contributed by atoms with Gasteiger partial charge in [0, 0.05) is 23.2 Å². The number of hydrogen-bond donors (Lipinski definition) is 2. The van der Waals surface area contributed by atoms with Gasteiger partial charge in [-0.05, 0) is 12.8 Å². The minimum Gasteiger partial charge on any atom is -0.481 e. The Hall–Kier alpha value is -2.10. The molecule has 2 aromatic rings. The van der Waals surface area contributed by atoms with E-state index in [-0.39, 0.29) is 5.92 Å². The van der Waals surface area contributed by atoms with Crippen molar-refractivity contribution in [2.75, 3.05) is 0 Å². The zero-order valence-corrected chi connectivity index (χ0v) is 9.89. The molecule has 0 fully saturated rings. The van der Waals surface area contributed by atoms with Crippen molar-refractivity contribution in [3.8, 4) is 11.3 Å². The summed E-state index contributed by atoms with van der Waals surface area (Å²) < 4.78 is 0. The lowest BCUT2D eigenvalue weighted by Crippen LogP contribution is -2.22. The molecule has 4 nitrogen and oxygen atoms in total. The minimum atomic E-state index is -0.712. The van der Waals surface area contributed by atoms with Crippen molar-refractivity contribution in [2.24, 2.45) is 5.92 Å². The molecule has 0 saturated carbocycles. The second-order valence-corrected chi connectivity index (χ2v) is 4.67. The van der Waals surface area contributed by atoms with Gasteiger partial charge in [-0.2, -0.15) is 5.10 Å². The Morgan fingerprint density at radius 1 is 1.33 bits per heavy atom. The number of hydrogen-bond acceptors (Lipinski definition) is 2. The number of aliphatic carboxylic acids is 1. The summed E-state index contributed by atoms with van der Waals surface area (Å²) >= 11 is 0. The van der Waals surface area contributed by atoms with Gasteiger partial charge in [-0.15, -0.1) is 0 Å². The van der Waals surface area contributed by atoms with E-state index in [0.717, 1.165) is 23.4 Å². The fourth-order valence-electron chi connectivity index (χ4n) is 2.55. The molecule has 1 aliphatic rings. The van der Waals surface area contributed by atoms with Gasteiger partial charge in [-0.25, -0.2) is 0 Å². The highest BCUT2D eigenvalue weighted by Crippen LogP contribution is 2.31. The van der Waals surface area contributed by atoms with Crippen molar-refractivity contribution in [3.63, 3.8) is 0 Å². The van der Waals surface area contributed by atoms with Crippen LogP contribution in [0.3, 0.4) is 0 Å². The Morgan fingerprint density at radius 3 is 2.83 bits per heavy atom. The molecule has 0 aliphatic heterocycles. The first-order chi connectivity index (χ1) is 8.75. The first-order valence-electron chi connectivity index (χ1n) is 6.10. The lowest BCUT2D eigenvalue weighted by molar-refractivity contribution is -0.142. The second-order valence-electron chi connectivity index (χ2n) is 4.67. The van der Waals surface area contributed by atoms with Crippen LogP contribution in [0.2, 0.25) is 0 Å². The number of carboxylic acid groups (broad SMARTS) is 1. The Bertz CT molecular complexity index is 575. The average molecular weight is 242 g/mol. The molecule has 0 radical (unpaired) electrons. The molecule has 18 heavy (non-hydrogen) atoms. The van der Waals surface area contributed by atoms with E-state index >= 15 is 0 Å². The number of nitrogens with one attached hydrogen (secondary N) is 1. The monoisotopic (exact) mass is 242 g/mol.